The van der Waals surface area contributed by atoms with Crippen molar-refractivity contribution < 1.29 is 4.79 Å². The van der Waals surface area contributed by atoms with Gasteiger partial charge in [-0.3, -0.25) is 4.79 Å². The monoisotopic (exact) mass is 339 g/mol. The van der Waals surface area contributed by atoms with Crippen LogP contribution in [0.15, 0.2) is 22.3 Å². The van der Waals surface area contributed by atoms with E-state index in [1.54, 1.807) is 6.08 Å². The van der Waals surface area contributed by atoms with E-state index < -0.39 is 6.04 Å². The molecule has 20 heavy (non-hydrogen) atoms. The van der Waals surface area contributed by atoms with Gasteiger partial charge in [0.15, 0.2) is 0 Å². The molecule has 5 heteroatoms. The minimum Gasteiger partial charge on any atom is -0.401 e. The number of hydrogen-bond donors (Lipinski definition) is 2. The molecule has 1 saturated carbocycles. The molecular formula is C15H22BrN3O. The number of amides is 1. The van der Waals surface area contributed by atoms with E-state index in [1.165, 1.54) is 19.3 Å². The molecule has 2 unspecified atom stereocenters. The molecule has 1 spiro atoms. The molecule has 2 atom stereocenters. The van der Waals surface area contributed by atoms with Gasteiger partial charge >= 0.3 is 0 Å². The molecule has 2 fully saturated rings. The molecule has 3 rings (SSSR count). The molecule has 0 radical (unpaired) electrons. The summed E-state index contributed by atoms with van der Waals surface area (Å²) < 4.78 is 0.850. The van der Waals surface area contributed by atoms with Gasteiger partial charge in [0.2, 0.25) is 5.91 Å². The third-order valence-electron chi connectivity index (χ3n) is 5.25. The number of allylic oxidation sites excluding steroid dienone is 2. The van der Waals surface area contributed by atoms with Crippen LogP contribution in [0.4, 0.5) is 0 Å². The van der Waals surface area contributed by atoms with Gasteiger partial charge in [0, 0.05) is 23.3 Å². The fraction of sp³-hybridized carbons (Fsp3) is 0.667. The Morgan fingerprint density at radius 1 is 1.30 bits per heavy atom. The lowest BCUT2D eigenvalue weighted by atomic mass is 9.63. The Morgan fingerprint density at radius 2 is 1.95 bits per heavy atom. The highest BCUT2D eigenvalue weighted by molar-refractivity contribution is 9.11. The smallest absolute Gasteiger partial charge is 0.231 e. The van der Waals surface area contributed by atoms with Gasteiger partial charge in [-0.25, -0.2) is 0 Å². The van der Waals surface area contributed by atoms with Crippen LogP contribution in [0.3, 0.4) is 0 Å². The largest absolute Gasteiger partial charge is 0.401 e. The van der Waals surface area contributed by atoms with Crippen LogP contribution >= 0.6 is 15.9 Å². The zero-order valence-corrected chi connectivity index (χ0v) is 13.2. The first-order valence-corrected chi connectivity index (χ1v) is 8.19. The molecule has 2 aliphatic carbocycles. The number of nitrogens with zero attached hydrogens (tertiary/aromatic N) is 1. The van der Waals surface area contributed by atoms with Gasteiger partial charge in [0.25, 0.3) is 0 Å². The van der Waals surface area contributed by atoms with E-state index in [1.807, 2.05) is 11.0 Å². The van der Waals surface area contributed by atoms with Crippen molar-refractivity contribution in [3.63, 3.8) is 0 Å². The van der Waals surface area contributed by atoms with Crippen molar-refractivity contribution in [2.45, 2.75) is 38.1 Å². The molecule has 0 bridgehead atoms. The predicted molar refractivity (Wildman–Crippen MR) is 82.8 cm³/mol. The van der Waals surface area contributed by atoms with Crippen LogP contribution in [0, 0.1) is 11.3 Å². The number of rotatable bonds is 1. The zero-order chi connectivity index (χ0) is 14.3. The van der Waals surface area contributed by atoms with E-state index in [2.05, 4.69) is 15.9 Å². The van der Waals surface area contributed by atoms with Crippen LogP contribution in [-0.4, -0.2) is 29.9 Å². The fourth-order valence-electron chi connectivity index (χ4n) is 3.60. The maximum atomic E-state index is 12.7. The minimum absolute atomic E-state index is 0.125. The van der Waals surface area contributed by atoms with E-state index in [4.69, 9.17) is 11.5 Å². The summed E-state index contributed by atoms with van der Waals surface area (Å²) in [5.74, 6) is -0.204. The maximum absolute atomic E-state index is 12.7. The average molecular weight is 340 g/mol. The summed E-state index contributed by atoms with van der Waals surface area (Å²) >= 11 is 3.41. The molecule has 3 aliphatic rings. The molecule has 4 N–H and O–H groups in total. The summed E-state index contributed by atoms with van der Waals surface area (Å²) in [5.41, 5.74) is 13.1. The number of carbonyl (C=O) groups excluding carboxylic acids is 1. The van der Waals surface area contributed by atoms with E-state index in [0.29, 0.717) is 11.1 Å². The highest BCUT2D eigenvalue weighted by Crippen LogP contribution is 2.49. The quantitative estimate of drug-likeness (QED) is 0.765. The highest BCUT2D eigenvalue weighted by atomic mass is 79.9. The van der Waals surface area contributed by atoms with Crippen LogP contribution < -0.4 is 11.5 Å². The van der Waals surface area contributed by atoms with E-state index in [0.717, 1.165) is 30.4 Å². The van der Waals surface area contributed by atoms with Crippen molar-refractivity contribution in [3.05, 3.63) is 22.3 Å². The van der Waals surface area contributed by atoms with Gasteiger partial charge in [-0.2, -0.15) is 0 Å². The van der Waals surface area contributed by atoms with Crippen molar-refractivity contribution in [1.82, 2.24) is 4.90 Å². The molecule has 4 nitrogen and oxygen atoms in total. The summed E-state index contributed by atoms with van der Waals surface area (Å²) in [5, 5.41) is 0. The highest BCUT2D eigenvalue weighted by Gasteiger charge is 2.42. The Balaban J connectivity index is 1.66. The molecule has 1 saturated heterocycles. The van der Waals surface area contributed by atoms with Gasteiger partial charge in [0.05, 0.1) is 12.0 Å². The van der Waals surface area contributed by atoms with E-state index in [-0.39, 0.29) is 11.8 Å². The average Bonchev–Trinajstić information content (AvgIpc) is 2.40. The number of nitrogens with two attached hydrogens (primary N) is 2. The van der Waals surface area contributed by atoms with Gasteiger partial charge in [-0.1, -0.05) is 28.4 Å². The third-order valence-corrected chi connectivity index (χ3v) is 5.74. The summed E-state index contributed by atoms with van der Waals surface area (Å²) in [7, 11) is 0. The third kappa shape index (κ3) is 2.42. The molecule has 1 heterocycles. The first kappa shape index (κ1) is 14.1. The number of hydrogen-bond acceptors (Lipinski definition) is 3. The Hall–Kier alpha value is -0.810. The van der Waals surface area contributed by atoms with Gasteiger partial charge in [0.1, 0.15) is 0 Å². The lowest BCUT2D eigenvalue weighted by Crippen LogP contribution is -2.51. The second kappa shape index (κ2) is 5.19. The Kier molecular flexibility index (Phi) is 3.67. The Morgan fingerprint density at radius 3 is 2.50 bits per heavy atom. The summed E-state index contributed by atoms with van der Waals surface area (Å²) in [4.78, 5) is 14.6. The first-order chi connectivity index (χ1) is 9.51. The lowest BCUT2D eigenvalue weighted by Gasteiger charge is -2.48. The standard InChI is InChI=1S/C15H22BrN3O/c16-10-8-11(13(18)12(17)9-10)14(20)19-6-4-15(5-7-19)2-1-3-15/h8-9,11,13H,1-7,17-18H2. The Bertz CT molecular complexity index is 472. The van der Waals surface area contributed by atoms with Crippen LogP contribution in [0.25, 0.3) is 0 Å². The maximum Gasteiger partial charge on any atom is 0.231 e. The SMILES string of the molecule is NC1=CC(Br)=CC(C(=O)N2CCC3(CCC3)CC2)C1N. The first-order valence-electron chi connectivity index (χ1n) is 7.40. The normalized spacial score (nSPS) is 32.4. The molecule has 0 aromatic carbocycles. The van der Waals surface area contributed by atoms with E-state index in [9.17, 15) is 4.79 Å². The molecule has 0 aromatic heterocycles. The number of piperidine rings is 1. The summed E-state index contributed by atoms with van der Waals surface area (Å²) in [6.45, 7) is 1.74. The minimum atomic E-state index is -0.400. The number of halogens is 1. The van der Waals surface area contributed by atoms with E-state index >= 15 is 0 Å². The topological polar surface area (TPSA) is 72.4 Å². The second-order valence-electron chi connectivity index (χ2n) is 6.43. The van der Waals surface area contributed by atoms with Crippen LogP contribution in [-0.2, 0) is 4.79 Å². The van der Waals surface area contributed by atoms with Crippen molar-refractivity contribution >= 4 is 21.8 Å². The van der Waals surface area contributed by atoms with Crippen molar-refractivity contribution in [2.75, 3.05) is 13.1 Å². The molecular weight excluding hydrogens is 318 g/mol. The van der Waals surface area contributed by atoms with Gasteiger partial charge < -0.3 is 16.4 Å². The summed E-state index contributed by atoms with van der Waals surface area (Å²) in [6.07, 6.45) is 10.0. The molecule has 1 aliphatic heterocycles. The molecule has 110 valence electrons. The predicted octanol–water partition coefficient (Wildman–Crippen LogP) is 1.86. The van der Waals surface area contributed by atoms with Crippen molar-refractivity contribution in [1.29, 1.82) is 0 Å². The Labute approximate surface area is 128 Å². The number of carbonyl (C=O) groups is 1. The summed E-state index contributed by atoms with van der Waals surface area (Å²) in [6, 6.07) is -0.400. The zero-order valence-electron chi connectivity index (χ0n) is 11.6. The lowest BCUT2D eigenvalue weighted by molar-refractivity contribution is -0.137. The van der Waals surface area contributed by atoms with Crippen molar-refractivity contribution in [3.8, 4) is 0 Å². The number of likely N-dealkylation sites (tertiary alicyclic amines) is 1. The molecule has 0 aromatic rings. The van der Waals surface area contributed by atoms with Crippen LogP contribution in [0.1, 0.15) is 32.1 Å². The fourth-order valence-corrected chi connectivity index (χ4v) is 4.15. The molecule has 1 amide bonds. The van der Waals surface area contributed by atoms with Crippen molar-refractivity contribution in [2.24, 2.45) is 22.8 Å². The van der Waals surface area contributed by atoms with Gasteiger partial charge in [-0.15, -0.1) is 0 Å². The van der Waals surface area contributed by atoms with Crippen LogP contribution in [0.2, 0.25) is 0 Å². The van der Waals surface area contributed by atoms with Crippen LogP contribution in [0.5, 0.6) is 0 Å². The van der Waals surface area contributed by atoms with Gasteiger partial charge in [-0.05, 0) is 37.2 Å². The second-order valence-corrected chi connectivity index (χ2v) is 7.34.